The Kier molecular flexibility index (Phi) is 6.05. The molecule has 6 nitrogen and oxygen atoms in total. The molecule has 1 atom stereocenters. The second-order valence-corrected chi connectivity index (χ2v) is 7.32. The fraction of sp³-hybridized carbons (Fsp3) is 0.292. The molecule has 6 heteroatoms. The number of amides is 1. The van der Waals surface area contributed by atoms with Crippen molar-refractivity contribution in [2.45, 2.75) is 19.0 Å². The molecule has 0 spiro atoms. The van der Waals surface area contributed by atoms with Crippen LogP contribution in [0.4, 0.5) is 0 Å². The Morgan fingerprint density at radius 3 is 2.57 bits per heavy atom. The van der Waals surface area contributed by atoms with Gasteiger partial charge in [-0.3, -0.25) is 9.69 Å². The lowest BCUT2D eigenvalue weighted by atomic mass is 9.91. The fourth-order valence-electron chi connectivity index (χ4n) is 4.01. The molecule has 1 aliphatic rings. The van der Waals surface area contributed by atoms with Crippen LogP contribution in [0, 0.1) is 0 Å². The lowest BCUT2D eigenvalue weighted by molar-refractivity contribution is 0.0898. The van der Waals surface area contributed by atoms with Crippen molar-refractivity contribution >= 4 is 5.91 Å². The van der Waals surface area contributed by atoms with Crippen LogP contribution in [0.25, 0.3) is 0 Å². The van der Waals surface area contributed by atoms with Gasteiger partial charge in [-0.05, 0) is 47.4 Å². The Balaban J connectivity index is 1.63. The van der Waals surface area contributed by atoms with Gasteiger partial charge in [0.05, 0.1) is 26.5 Å². The normalized spacial score (nSPS) is 16.0. The Morgan fingerprint density at radius 1 is 1.10 bits per heavy atom. The number of benzene rings is 2. The summed E-state index contributed by atoms with van der Waals surface area (Å²) in [6, 6.07) is 17.9. The minimum atomic E-state index is -0.215. The van der Waals surface area contributed by atoms with Gasteiger partial charge >= 0.3 is 0 Å². The van der Waals surface area contributed by atoms with Crippen molar-refractivity contribution in [3.8, 4) is 11.5 Å². The quantitative estimate of drug-likeness (QED) is 0.646. The number of carbonyl (C=O) groups excluding carboxylic acids is 1. The van der Waals surface area contributed by atoms with Crippen LogP contribution < -0.4 is 14.8 Å². The summed E-state index contributed by atoms with van der Waals surface area (Å²) in [5.41, 5.74) is 3.60. The zero-order valence-electron chi connectivity index (χ0n) is 17.3. The number of fused-ring (bicyclic) bond motifs is 1. The molecule has 156 valence electrons. The summed E-state index contributed by atoms with van der Waals surface area (Å²) in [5, 5.41) is 3.03. The van der Waals surface area contributed by atoms with Crippen LogP contribution in [-0.2, 0) is 13.0 Å². The van der Waals surface area contributed by atoms with Crippen molar-refractivity contribution in [1.82, 2.24) is 10.2 Å². The lowest BCUT2D eigenvalue weighted by Gasteiger charge is -2.38. The van der Waals surface area contributed by atoms with Crippen LogP contribution in [0.2, 0.25) is 0 Å². The van der Waals surface area contributed by atoms with E-state index in [9.17, 15) is 4.79 Å². The van der Waals surface area contributed by atoms with Crippen LogP contribution in [0.3, 0.4) is 0 Å². The van der Waals surface area contributed by atoms with Crippen LogP contribution >= 0.6 is 0 Å². The number of carbonyl (C=O) groups is 1. The zero-order chi connectivity index (χ0) is 20.9. The third-order valence-electron chi connectivity index (χ3n) is 5.54. The SMILES string of the molecule is COc1cc2c(cc1OC)[C@H](CNC(=O)c1ccco1)N(Cc1ccccc1)CC2. The molecule has 0 aliphatic carbocycles. The van der Waals surface area contributed by atoms with E-state index in [0.717, 1.165) is 30.8 Å². The van der Waals surface area contributed by atoms with Gasteiger partial charge in [0.25, 0.3) is 5.91 Å². The average molecular weight is 406 g/mol. The third kappa shape index (κ3) is 4.19. The molecule has 4 rings (SSSR count). The van der Waals surface area contributed by atoms with E-state index in [0.29, 0.717) is 18.1 Å². The molecular formula is C24H26N2O4. The van der Waals surface area contributed by atoms with E-state index in [1.54, 1.807) is 26.4 Å². The summed E-state index contributed by atoms with van der Waals surface area (Å²) in [4.78, 5) is 14.9. The summed E-state index contributed by atoms with van der Waals surface area (Å²) >= 11 is 0. The van der Waals surface area contributed by atoms with Gasteiger partial charge in [-0.15, -0.1) is 0 Å². The monoisotopic (exact) mass is 406 g/mol. The molecule has 1 amide bonds. The third-order valence-corrected chi connectivity index (χ3v) is 5.54. The predicted molar refractivity (Wildman–Crippen MR) is 114 cm³/mol. The fourth-order valence-corrected chi connectivity index (χ4v) is 4.01. The molecule has 0 saturated heterocycles. The van der Waals surface area contributed by atoms with Crippen molar-refractivity contribution in [2.75, 3.05) is 27.3 Å². The molecule has 2 aromatic carbocycles. The van der Waals surface area contributed by atoms with E-state index >= 15 is 0 Å². The molecule has 0 bridgehead atoms. The van der Waals surface area contributed by atoms with Gasteiger partial charge in [0.1, 0.15) is 0 Å². The molecule has 1 N–H and O–H groups in total. The van der Waals surface area contributed by atoms with Crippen LogP contribution in [-0.4, -0.2) is 38.1 Å². The molecular weight excluding hydrogens is 380 g/mol. The molecule has 3 aromatic rings. The standard InChI is InChI=1S/C24H26N2O4/c1-28-22-13-18-10-11-26(16-17-7-4-3-5-8-17)20(19(18)14-23(22)29-2)15-25-24(27)21-9-6-12-30-21/h3-9,12-14,20H,10-11,15-16H2,1-2H3,(H,25,27)/t20-/m0/s1. The Hall–Kier alpha value is -3.25. The van der Waals surface area contributed by atoms with Crippen molar-refractivity contribution in [1.29, 1.82) is 0 Å². The maximum Gasteiger partial charge on any atom is 0.287 e. The van der Waals surface area contributed by atoms with Gasteiger partial charge in [-0.2, -0.15) is 0 Å². The zero-order valence-corrected chi connectivity index (χ0v) is 17.3. The molecule has 0 radical (unpaired) electrons. The Labute approximate surface area is 176 Å². The number of nitrogens with zero attached hydrogens (tertiary/aromatic N) is 1. The highest BCUT2D eigenvalue weighted by Gasteiger charge is 2.29. The van der Waals surface area contributed by atoms with Gasteiger partial charge in [0.2, 0.25) is 0 Å². The first-order valence-electron chi connectivity index (χ1n) is 10.0. The number of hydrogen-bond acceptors (Lipinski definition) is 5. The lowest BCUT2D eigenvalue weighted by Crippen LogP contribution is -2.41. The van der Waals surface area contributed by atoms with Crippen LogP contribution in [0.15, 0.2) is 65.3 Å². The van der Waals surface area contributed by atoms with E-state index in [2.05, 4.69) is 40.5 Å². The highest BCUT2D eigenvalue weighted by Crippen LogP contribution is 2.38. The maximum atomic E-state index is 12.5. The topological polar surface area (TPSA) is 63.9 Å². The van der Waals surface area contributed by atoms with Crippen molar-refractivity contribution in [2.24, 2.45) is 0 Å². The van der Waals surface area contributed by atoms with E-state index < -0.39 is 0 Å². The van der Waals surface area contributed by atoms with Crippen molar-refractivity contribution in [3.63, 3.8) is 0 Å². The average Bonchev–Trinajstić information content (AvgIpc) is 3.33. The Morgan fingerprint density at radius 2 is 1.87 bits per heavy atom. The molecule has 1 aromatic heterocycles. The van der Waals surface area contributed by atoms with Crippen molar-refractivity contribution in [3.05, 3.63) is 83.3 Å². The maximum absolute atomic E-state index is 12.5. The first-order valence-corrected chi connectivity index (χ1v) is 10.0. The molecule has 0 saturated carbocycles. The minimum absolute atomic E-state index is 0.00711. The smallest absolute Gasteiger partial charge is 0.287 e. The molecule has 2 heterocycles. The van der Waals surface area contributed by atoms with E-state index in [-0.39, 0.29) is 11.9 Å². The summed E-state index contributed by atoms with van der Waals surface area (Å²) in [5.74, 6) is 1.52. The molecule has 0 fully saturated rings. The first-order chi connectivity index (χ1) is 14.7. The van der Waals surface area contributed by atoms with Gasteiger partial charge in [0.15, 0.2) is 17.3 Å². The Bertz CT molecular complexity index is 986. The summed E-state index contributed by atoms with van der Waals surface area (Å²) < 4.78 is 16.3. The number of methoxy groups -OCH3 is 2. The van der Waals surface area contributed by atoms with Gasteiger partial charge in [-0.25, -0.2) is 0 Å². The molecule has 1 aliphatic heterocycles. The number of hydrogen-bond donors (Lipinski definition) is 1. The number of rotatable bonds is 7. The van der Waals surface area contributed by atoms with Crippen LogP contribution in [0.1, 0.15) is 33.3 Å². The largest absolute Gasteiger partial charge is 0.493 e. The van der Waals surface area contributed by atoms with Crippen molar-refractivity contribution < 1.29 is 18.7 Å². The van der Waals surface area contributed by atoms with E-state index in [1.165, 1.54) is 17.4 Å². The molecule has 30 heavy (non-hydrogen) atoms. The van der Waals surface area contributed by atoms with Gasteiger partial charge < -0.3 is 19.2 Å². The second kappa shape index (κ2) is 9.05. The second-order valence-electron chi connectivity index (χ2n) is 7.32. The first kappa shape index (κ1) is 20.0. The molecule has 0 unspecified atom stereocenters. The van der Waals surface area contributed by atoms with E-state index in [4.69, 9.17) is 13.9 Å². The van der Waals surface area contributed by atoms with Crippen LogP contribution in [0.5, 0.6) is 11.5 Å². The van der Waals surface area contributed by atoms with E-state index in [1.807, 2.05) is 12.1 Å². The number of ether oxygens (including phenoxy) is 2. The highest BCUT2D eigenvalue weighted by molar-refractivity contribution is 5.91. The minimum Gasteiger partial charge on any atom is -0.493 e. The predicted octanol–water partition coefficient (Wildman–Crippen LogP) is 3.83. The highest BCUT2D eigenvalue weighted by atomic mass is 16.5. The summed E-state index contributed by atoms with van der Waals surface area (Å²) in [7, 11) is 3.29. The number of nitrogens with one attached hydrogen (secondary N) is 1. The van der Waals surface area contributed by atoms with Gasteiger partial charge in [-0.1, -0.05) is 30.3 Å². The van der Waals surface area contributed by atoms with Gasteiger partial charge in [0, 0.05) is 19.6 Å². The number of furan rings is 1. The summed E-state index contributed by atoms with van der Waals surface area (Å²) in [6.07, 6.45) is 2.41. The summed E-state index contributed by atoms with van der Waals surface area (Å²) in [6.45, 7) is 2.16.